The third-order valence-electron chi connectivity index (χ3n) is 4.78. The van der Waals surface area contributed by atoms with Gasteiger partial charge in [0.25, 0.3) is 11.8 Å². The third-order valence-corrected chi connectivity index (χ3v) is 5.94. The molecule has 0 radical (unpaired) electrons. The van der Waals surface area contributed by atoms with Gasteiger partial charge in [-0.05, 0) is 31.0 Å². The first-order valence-electron chi connectivity index (χ1n) is 9.25. The third kappa shape index (κ3) is 5.05. The topological polar surface area (TPSA) is 95.6 Å². The second-order valence-electron chi connectivity index (χ2n) is 6.84. The molecule has 28 heavy (non-hydrogen) atoms. The van der Waals surface area contributed by atoms with Gasteiger partial charge in [-0.2, -0.15) is 0 Å². The van der Waals surface area contributed by atoms with Crippen molar-refractivity contribution in [3.05, 3.63) is 34.3 Å². The van der Waals surface area contributed by atoms with E-state index in [0.29, 0.717) is 10.6 Å². The number of carbonyl (C=O) groups is 4. The highest BCUT2D eigenvalue weighted by atomic mass is 35.5. The summed E-state index contributed by atoms with van der Waals surface area (Å²) in [6, 6.07) is 4.85. The number of imide groups is 1. The van der Waals surface area contributed by atoms with Crippen molar-refractivity contribution in [1.29, 1.82) is 0 Å². The number of nitrogens with one attached hydrogen (secondary N) is 2. The van der Waals surface area contributed by atoms with E-state index in [4.69, 9.17) is 11.6 Å². The first-order chi connectivity index (χ1) is 13.5. The molecule has 9 heteroatoms. The Kier molecular flexibility index (Phi) is 6.96. The summed E-state index contributed by atoms with van der Waals surface area (Å²) in [6.07, 6.45) is 4.36. The fourth-order valence-electron chi connectivity index (χ4n) is 3.40. The van der Waals surface area contributed by atoms with Crippen LogP contribution in [0.25, 0.3) is 0 Å². The van der Waals surface area contributed by atoms with Crippen molar-refractivity contribution < 1.29 is 19.2 Å². The van der Waals surface area contributed by atoms with Crippen LogP contribution >= 0.6 is 23.4 Å². The lowest BCUT2D eigenvalue weighted by Gasteiger charge is -2.14. The number of rotatable bonds is 8. The Labute approximate surface area is 172 Å². The maximum atomic E-state index is 12.3. The molecule has 1 aromatic rings. The number of hydrogen-bond donors (Lipinski definition) is 2. The Morgan fingerprint density at radius 3 is 2.50 bits per heavy atom. The fourth-order valence-corrected chi connectivity index (χ4v) is 4.23. The van der Waals surface area contributed by atoms with E-state index in [-0.39, 0.29) is 53.9 Å². The molecule has 2 N–H and O–H groups in total. The smallest absolute Gasteiger partial charge is 0.261 e. The number of benzene rings is 1. The molecule has 0 aromatic heterocycles. The zero-order valence-electron chi connectivity index (χ0n) is 15.3. The molecule has 1 fully saturated rings. The maximum absolute atomic E-state index is 12.3. The van der Waals surface area contributed by atoms with Crippen molar-refractivity contribution in [1.82, 2.24) is 15.5 Å². The molecule has 3 rings (SSSR count). The monoisotopic (exact) mass is 423 g/mol. The van der Waals surface area contributed by atoms with Crippen LogP contribution in [0.4, 0.5) is 0 Å². The lowest BCUT2D eigenvalue weighted by molar-refractivity contribution is -0.119. The quantitative estimate of drug-likeness (QED) is 0.622. The van der Waals surface area contributed by atoms with E-state index in [1.165, 1.54) is 23.9 Å². The second-order valence-corrected chi connectivity index (χ2v) is 8.27. The molecule has 150 valence electrons. The Balaban J connectivity index is 1.35. The number of amides is 4. The maximum Gasteiger partial charge on any atom is 0.261 e. The van der Waals surface area contributed by atoms with Crippen LogP contribution in [0, 0.1) is 0 Å². The number of thioether (sulfide) groups is 1. The van der Waals surface area contributed by atoms with Gasteiger partial charge >= 0.3 is 0 Å². The van der Waals surface area contributed by atoms with Gasteiger partial charge < -0.3 is 10.6 Å². The number of carbonyl (C=O) groups excluding carboxylic acids is 4. The molecule has 7 nitrogen and oxygen atoms in total. The normalized spacial score (nSPS) is 16.4. The molecular formula is C19H22ClN3O4S. The zero-order valence-corrected chi connectivity index (χ0v) is 16.9. The van der Waals surface area contributed by atoms with Crippen LogP contribution in [-0.4, -0.2) is 59.2 Å². The van der Waals surface area contributed by atoms with Gasteiger partial charge in [0.05, 0.1) is 22.6 Å². The molecular weight excluding hydrogens is 402 g/mol. The average molecular weight is 424 g/mol. The van der Waals surface area contributed by atoms with E-state index < -0.39 is 5.91 Å². The van der Waals surface area contributed by atoms with Crippen molar-refractivity contribution in [2.24, 2.45) is 0 Å². The Morgan fingerprint density at radius 1 is 1.07 bits per heavy atom. The summed E-state index contributed by atoms with van der Waals surface area (Å²) in [6.45, 7) is 0.245. The first-order valence-corrected chi connectivity index (χ1v) is 10.8. The van der Waals surface area contributed by atoms with Crippen molar-refractivity contribution in [3.8, 4) is 0 Å². The number of fused-ring (bicyclic) bond motifs is 1. The molecule has 1 saturated carbocycles. The molecule has 1 aliphatic carbocycles. The minimum Gasteiger partial charge on any atom is -0.354 e. The Hall–Kier alpha value is -2.06. The van der Waals surface area contributed by atoms with Gasteiger partial charge in [-0.25, -0.2) is 0 Å². The highest BCUT2D eigenvalue weighted by Crippen LogP contribution is 2.25. The summed E-state index contributed by atoms with van der Waals surface area (Å²) in [5.41, 5.74) is 0.609. The summed E-state index contributed by atoms with van der Waals surface area (Å²) < 4.78 is 0. The molecule has 4 amide bonds. The minimum atomic E-state index is -0.408. The molecule has 0 atom stereocenters. The van der Waals surface area contributed by atoms with E-state index >= 15 is 0 Å². The first kappa shape index (κ1) is 20.7. The van der Waals surface area contributed by atoms with Crippen molar-refractivity contribution in [3.63, 3.8) is 0 Å². The molecule has 1 heterocycles. The van der Waals surface area contributed by atoms with Crippen LogP contribution in [0.2, 0.25) is 5.02 Å². The fraction of sp³-hybridized carbons (Fsp3) is 0.474. The van der Waals surface area contributed by atoms with E-state index in [9.17, 15) is 19.2 Å². The predicted molar refractivity (Wildman–Crippen MR) is 108 cm³/mol. The van der Waals surface area contributed by atoms with E-state index in [1.54, 1.807) is 6.07 Å². The highest BCUT2D eigenvalue weighted by Gasteiger charge is 2.35. The van der Waals surface area contributed by atoms with E-state index in [1.807, 2.05) is 0 Å². The van der Waals surface area contributed by atoms with Crippen LogP contribution in [0.3, 0.4) is 0 Å². The molecule has 1 aliphatic heterocycles. The molecule has 0 bridgehead atoms. The van der Waals surface area contributed by atoms with E-state index in [0.717, 1.165) is 30.6 Å². The molecule has 1 aromatic carbocycles. The summed E-state index contributed by atoms with van der Waals surface area (Å²) in [4.78, 5) is 49.4. The van der Waals surface area contributed by atoms with E-state index in [2.05, 4.69) is 10.6 Å². The van der Waals surface area contributed by atoms with Crippen molar-refractivity contribution in [2.45, 2.75) is 31.7 Å². The van der Waals surface area contributed by atoms with Crippen LogP contribution in [0.15, 0.2) is 18.2 Å². The molecule has 0 spiro atoms. The standard InChI is InChI=1S/C19H22ClN3O4S/c20-12-5-6-14-15(9-12)19(27)23(18(14)26)8-7-21-16(24)10-28-11-17(25)22-13-3-1-2-4-13/h5-6,9,13H,1-4,7-8,10-11H2,(H,21,24)(H,22,25). The summed E-state index contributed by atoms with van der Waals surface area (Å²) in [7, 11) is 0. The minimum absolute atomic E-state index is 0.0469. The Morgan fingerprint density at radius 2 is 1.75 bits per heavy atom. The lowest BCUT2D eigenvalue weighted by Crippen LogP contribution is -2.39. The number of nitrogens with zero attached hydrogens (tertiary/aromatic N) is 1. The predicted octanol–water partition coefficient (Wildman–Crippen LogP) is 1.84. The van der Waals surface area contributed by atoms with Crippen molar-refractivity contribution >= 4 is 47.0 Å². The van der Waals surface area contributed by atoms with Crippen LogP contribution < -0.4 is 10.6 Å². The van der Waals surface area contributed by atoms with Gasteiger partial charge in [-0.15, -0.1) is 11.8 Å². The van der Waals surface area contributed by atoms with Gasteiger partial charge in [0.2, 0.25) is 11.8 Å². The SMILES string of the molecule is O=C(CSCC(=O)NC1CCCC1)NCCN1C(=O)c2ccc(Cl)cc2C1=O. The lowest BCUT2D eigenvalue weighted by atomic mass is 10.1. The largest absolute Gasteiger partial charge is 0.354 e. The number of halogens is 1. The average Bonchev–Trinajstić information content (AvgIpc) is 3.24. The number of hydrogen-bond acceptors (Lipinski definition) is 5. The van der Waals surface area contributed by atoms with Gasteiger partial charge in [-0.3, -0.25) is 24.1 Å². The zero-order chi connectivity index (χ0) is 20.1. The van der Waals surface area contributed by atoms with Crippen molar-refractivity contribution in [2.75, 3.05) is 24.6 Å². The summed E-state index contributed by atoms with van der Waals surface area (Å²) in [5.74, 6) is -0.690. The Bertz CT molecular complexity index is 795. The van der Waals surface area contributed by atoms with Gasteiger partial charge in [0, 0.05) is 24.2 Å². The summed E-state index contributed by atoms with van der Waals surface area (Å²) in [5, 5.41) is 6.04. The van der Waals surface area contributed by atoms with Crippen LogP contribution in [0.1, 0.15) is 46.4 Å². The highest BCUT2D eigenvalue weighted by molar-refractivity contribution is 8.00. The second kappa shape index (κ2) is 9.43. The van der Waals surface area contributed by atoms with Gasteiger partial charge in [0.1, 0.15) is 0 Å². The molecule has 0 saturated heterocycles. The molecule has 0 unspecified atom stereocenters. The molecule has 2 aliphatic rings. The van der Waals surface area contributed by atoms with Gasteiger partial charge in [0.15, 0.2) is 0 Å². The van der Waals surface area contributed by atoms with Gasteiger partial charge in [-0.1, -0.05) is 24.4 Å². The van der Waals surface area contributed by atoms with Crippen LogP contribution in [0.5, 0.6) is 0 Å². The van der Waals surface area contributed by atoms with Crippen LogP contribution in [-0.2, 0) is 9.59 Å². The summed E-state index contributed by atoms with van der Waals surface area (Å²) >= 11 is 7.12.